The van der Waals surface area contributed by atoms with Gasteiger partial charge >= 0.3 is 6.03 Å². The molecule has 1 aliphatic heterocycles. The lowest BCUT2D eigenvalue weighted by atomic mass is 10.2. The lowest BCUT2D eigenvalue weighted by Crippen LogP contribution is -2.34. The van der Waals surface area contributed by atoms with Crippen LogP contribution in [-0.4, -0.2) is 28.7 Å². The summed E-state index contributed by atoms with van der Waals surface area (Å²) < 4.78 is 10.3. The zero-order valence-corrected chi connectivity index (χ0v) is 12.7. The molecule has 0 radical (unpaired) electrons. The van der Waals surface area contributed by atoms with Crippen molar-refractivity contribution in [3.63, 3.8) is 0 Å². The minimum Gasteiger partial charge on any atom is -0.454 e. The van der Waals surface area contributed by atoms with Crippen LogP contribution in [0.4, 0.5) is 10.7 Å². The van der Waals surface area contributed by atoms with Crippen molar-refractivity contribution in [1.82, 2.24) is 15.3 Å². The highest BCUT2D eigenvalue weighted by molar-refractivity contribution is 6.29. The summed E-state index contributed by atoms with van der Waals surface area (Å²) in [5.41, 5.74) is 0.843. The standard InChI is InChI=1S/C14H11ClN4O4/c1-7-4-11(15)17-13(16-7)19-14(21)18-12(20)8-2-3-9-10(5-8)23-6-22-9/h2-5H,6H2,1H3,(H2,16,17,18,19,20,21). The molecule has 1 aromatic heterocycles. The minimum absolute atomic E-state index is 0.00554. The second kappa shape index (κ2) is 6.09. The third-order valence-electron chi connectivity index (χ3n) is 2.91. The van der Waals surface area contributed by atoms with Crippen LogP contribution in [0, 0.1) is 6.92 Å². The summed E-state index contributed by atoms with van der Waals surface area (Å²) >= 11 is 5.77. The fourth-order valence-corrected chi connectivity index (χ4v) is 2.17. The second-order valence-electron chi connectivity index (χ2n) is 4.63. The summed E-state index contributed by atoms with van der Waals surface area (Å²) in [5.74, 6) is 0.409. The number of ether oxygens (including phenoxy) is 2. The van der Waals surface area contributed by atoms with Crippen LogP contribution in [0.3, 0.4) is 0 Å². The molecule has 2 heterocycles. The van der Waals surface area contributed by atoms with E-state index in [1.165, 1.54) is 12.1 Å². The molecule has 3 rings (SSSR count). The number of amides is 3. The normalized spacial score (nSPS) is 11.9. The molecule has 2 N–H and O–H groups in total. The van der Waals surface area contributed by atoms with Crippen LogP contribution in [0.2, 0.25) is 5.15 Å². The van der Waals surface area contributed by atoms with E-state index in [1.54, 1.807) is 19.1 Å². The predicted octanol–water partition coefficient (Wildman–Crippen LogP) is 2.13. The van der Waals surface area contributed by atoms with E-state index in [-0.39, 0.29) is 23.5 Å². The van der Waals surface area contributed by atoms with Gasteiger partial charge in [0, 0.05) is 11.3 Å². The number of carbonyl (C=O) groups excluding carboxylic acids is 2. The molecule has 0 bridgehead atoms. The first-order valence-corrected chi connectivity index (χ1v) is 6.92. The number of hydrogen-bond acceptors (Lipinski definition) is 6. The number of nitrogens with one attached hydrogen (secondary N) is 2. The van der Waals surface area contributed by atoms with Crippen molar-refractivity contribution >= 4 is 29.5 Å². The quantitative estimate of drug-likeness (QED) is 0.816. The Morgan fingerprint density at radius 3 is 2.74 bits per heavy atom. The molecule has 0 aliphatic carbocycles. The number of rotatable bonds is 2. The summed E-state index contributed by atoms with van der Waals surface area (Å²) in [7, 11) is 0. The zero-order chi connectivity index (χ0) is 16.4. The molecule has 1 aliphatic rings. The average Bonchev–Trinajstić information content (AvgIpc) is 2.93. The van der Waals surface area contributed by atoms with Crippen LogP contribution >= 0.6 is 11.6 Å². The fraction of sp³-hybridized carbons (Fsp3) is 0.143. The zero-order valence-electron chi connectivity index (χ0n) is 11.9. The number of benzene rings is 1. The first-order valence-electron chi connectivity index (χ1n) is 6.54. The van der Waals surface area contributed by atoms with Crippen molar-refractivity contribution < 1.29 is 19.1 Å². The van der Waals surface area contributed by atoms with Gasteiger partial charge in [0.15, 0.2) is 11.5 Å². The van der Waals surface area contributed by atoms with E-state index in [9.17, 15) is 9.59 Å². The van der Waals surface area contributed by atoms with E-state index in [1.807, 2.05) is 0 Å². The number of anilines is 1. The fourth-order valence-electron chi connectivity index (χ4n) is 1.93. The molecule has 2 aromatic rings. The average molecular weight is 335 g/mol. The molecule has 0 fully saturated rings. The van der Waals surface area contributed by atoms with Crippen LogP contribution in [0.5, 0.6) is 11.5 Å². The van der Waals surface area contributed by atoms with Crippen molar-refractivity contribution in [2.75, 3.05) is 12.1 Å². The monoisotopic (exact) mass is 334 g/mol. The maximum atomic E-state index is 12.0. The Morgan fingerprint density at radius 1 is 1.17 bits per heavy atom. The highest BCUT2D eigenvalue weighted by Crippen LogP contribution is 2.32. The van der Waals surface area contributed by atoms with Crippen molar-refractivity contribution in [3.8, 4) is 11.5 Å². The molecule has 3 amide bonds. The summed E-state index contributed by atoms with van der Waals surface area (Å²) in [4.78, 5) is 31.7. The van der Waals surface area contributed by atoms with Crippen LogP contribution in [0.25, 0.3) is 0 Å². The number of urea groups is 1. The van der Waals surface area contributed by atoms with Crippen LogP contribution in [0.15, 0.2) is 24.3 Å². The van der Waals surface area contributed by atoms with Gasteiger partial charge < -0.3 is 9.47 Å². The third kappa shape index (κ3) is 3.49. The van der Waals surface area contributed by atoms with E-state index >= 15 is 0 Å². The molecule has 0 saturated carbocycles. The van der Waals surface area contributed by atoms with Gasteiger partial charge in [-0.3, -0.25) is 15.4 Å². The van der Waals surface area contributed by atoms with Gasteiger partial charge in [-0.2, -0.15) is 0 Å². The molecule has 118 valence electrons. The number of nitrogens with zero attached hydrogens (tertiary/aromatic N) is 2. The van der Waals surface area contributed by atoms with E-state index in [2.05, 4.69) is 20.6 Å². The van der Waals surface area contributed by atoms with Crippen molar-refractivity contribution in [1.29, 1.82) is 0 Å². The van der Waals surface area contributed by atoms with Crippen LogP contribution in [-0.2, 0) is 0 Å². The largest absolute Gasteiger partial charge is 0.454 e. The molecular weight excluding hydrogens is 324 g/mol. The Bertz CT molecular complexity index is 776. The summed E-state index contributed by atoms with van der Waals surface area (Å²) in [6, 6.07) is 5.39. The summed E-state index contributed by atoms with van der Waals surface area (Å²) in [6.45, 7) is 1.81. The number of aryl methyl sites for hydroxylation is 1. The highest BCUT2D eigenvalue weighted by atomic mass is 35.5. The number of carbonyl (C=O) groups is 2. The van der Waals surface area contributed by atoms with Crippen molar-refractivity contribution in [3.05, 3.63) is 40.7 Å². The van der Waals surface area contributed by atoms with Gasteiger partial charge in [0.05, 0.1) is 0 Å². The first-order chi connectivity index (χ1) is 11.0. The maximum absolute atomic E-state index is 12.0. The molecule has 0 saturated heterocycles. The number of hydrogen-bond donors (Lipinski definition) is 2. The van der Waals surface area contributed by atoms with Crippen molar-refractivity contribution in [2.24, 2.45) is 0 Å². The van der Waals surface area contributed by atoms with Gasteiger partial charge in [-0.1, -0.05) is 11.6 Å². The molecule has 0 spiro atoms. The Balaban J connectivity index is 1.66. The molecule has 23 heavy (non-hydrogen) atoms. The maximum Gasteiger partial charge on any atom is 0.328 e. The van der Waals surface area contributed by atoms with Crippen molar-refractivity contribution in [2.45, 2.75) is 6.92 Å². The second-order valence-corrected chi connectivity index (χ2v) is 5.02. The third-order valence-corrected chi connectivity index (χ3v) is 3.10. The van der Waals surface area contributed by atoms with Gasteiger partial charge in [-0.05, 0) is 31.2 Å². The van der Waals surface area contributed by atoms with E-state index in [0.717, 1.165) is 0 Å². The van der Waals surface area contributed by atoms with Crippen LogP contribution < -0.4 is 20.1 Å². The number of imide groups is 1. The number of halogens is 1. The number of fused-ring (bicyclic) bond motifs is 1. The molecule has 8 nitrogen and oxygen atoms in total. The van der Waals surface area contributed by atoms with E-state index in [0.29, 0.717) is 17.2 Å². The molecule has 1 aromatic carbocycles. The van der Waals surface area contributed by atoms with Gasteiger partial charge in [0.25, 0.3) is 5.91 Å². The topological polar surface area (TPSA) is 102 Å². The van der Waals surface area contributed by atoms with Gasteiger partial charge in [0.2, 0.25) is 12.7 Å². The lowest BCUT2D eigenvalue weighted by molar-refractivity contribution is 0.0966. The molecular formula is C14H11ClN4O4. The van der Waals surface area contributed by atoms with Gasteiger partial charge in [0.1, 0.15) is 5.15 Å². The Morgan fingerprint density at radius 2 is 1.96 bits per heavy atom. The SMILES string of the molecule is Cc1cc(Cl)nc(NC(=O)NC(=O)c2ccc3c(c2)OCO3)n1. The van der Waals surface area contributed by atoms with E-state index in [4.69, 9.17) is 21.1 Å². The van der Waals surface area contributed by atoms with Gasteiger partial charge in [-0.25, -0.2) is 14.8 Å². The summed E-state index contributed by atoms with van der Waals surface area (Å²) in [5, 5.41) is 4.70. The lowest BCUT2D eigenvalue weighted by Gasteiger charge is -2.07. The van der Waals surface area contributed by atoms with E-state index < -0.39 is 11.9 Å². The summed E-state index contributed by atoms with van der Waals surface area (Å²) in [6.07, 6.45) is 0. The Labute approximate surface area is 135 Å². The molecule has 9 heteroatoms. The Hall–Kier alpha value is -2.87. The van der Waals surface area contributed by atoms with Crippen LogP contribution in [0.1, 0.15) is 16.1 Å². The minimum atomic E-state index is -0.769. The highest BCUT2D eigenvalue weighted by Gasteiger charge is 2.18. The first kappa shape index (κ1) is 15.0. The Kier molecular flexibility index (Phi) is 3.98. The molecule has 0 atom stereocenters. The van der Waals surface area contributed by atoms with Gasteiger partial charge in [-0.15, -0.1) is 0 Å². The predicted molar refractivity (Wildman–Crippen MR) is 80.8 cm³/mol. The smallest absolute Gasteiger partial charge is 0.328 e. The molecule has 0 unspecified atom stereocenters. The number of aromatic nitrogens is 2.